The molecule has 142 valence electrons. The Kier molecular flexibility index (Phi) is 6.90. The van der Waals surface area contributed by atoms with Gasteiger partial charge in [-0.3, -0.25) is 15.3 Å². The molecule has 0 radical (unpaired) electrons. The van der Waals surface area contributed by atoms with Gasteiger partial charge in [-0.1, -0.05) is 11.8 Å². The lowest BCUT2D eigenvalue weighted by Crippen LogP contribution is -2.36. The summed E-state index contributed by atoms with van der Waals surface area (Å²) in [7, 11) is 1.47. The van der Waals surface area contributed by atoms with Gasteiger partial charge in [0, 0.05) is 12.7 Å². The molecule has 2 amide bonds. The molecule has 0 atom stereocenters. The Morgan fingerprint density at radius 3 is 2.50 bits per heavy atom. The predicted octanol–water partition coefficient (Wildman–Crippen LogP) is 1.15. The first-order chi connectivity index (χ1) is 13.3. The maximum Gasteiger partial charge on any atom is 0.289 e. The van der Waals surface area contributed by atoms with E-state index < -0.39 is 11.7 Å². The number of nitrogens with two attached hydrogens (primary N) is 1. The Hall–Kier alpha value is -3.63. The number of pyridine rings is 1. The quantitative estimate of drug-likeness (QED) is 0.699. The van der Waals surface area contributed by atoms with Crippen molar-refractivity contribution in [1.29, 1.82) is 10.5 Å². The molecule has 0 bridgehead atoms. The van der Waals surface area contributed by atoms with Crippen molar-refractivity contribution in [3.63, 3.8) is 0 Å². The molecule has 2 rings (SSSR count). The number of nitrogens with one attached hydrogen (secondary N) is 2. The average molecular weight is 399 g/mol. The summed E-state index contributed by atoms with van der Waals surface area (Å²) in [6.45, 7) is -0.193. The number of aromatic amines is 1. The second kappa shape index (κ2) is 9.35. The van der Waals surface area contributed by atoms with Gasteiger partial charge < -0.3 is 10.2 Å². The first-order valence-electron chi connectivity index (χ1n) is 7.92. The van der Waals surface area contributed by atoms with Crippen molar-refractivity contribution in [1.82, 2.24) is 4.90 Å². The van der Waals surface area contributed by atoms with E-state index in [-0.39, 0.29) is 35.1 Å². The van der Waals surface area contributed by atoms with Gasteiger partial charge in [-0.15, -0.1) is 0 Å². The Labute approximate surface area is 164 Å². The van der Waals surface area contributed by atoms with Crippen LogP contribution in [0.25, 0.3) is 0 Å². The smallest absolute Gasteiger partial charge is 0.289 e. The van der Waals surface area contributed by atoms with Crippen LogP contribution in [0.2, 0.25) is 0 Å². The van der Waals surface area contributed by atoms with Crippen molar-refractivity contribution in [3.8, 4) is 12.1 Å². The topological polar surface area (TPSA) is 137 Å². The van der Waals surface area contributed by atoms with Gasteiger partial charge in [0.2, 0.25) is 11.8 Å². The van der Waals surface area contributed by atoms with E-state index in [1.54, 1.807) is 0 Å². The van der Waals surface area contributed by atoms with Gasteiger partial charge in [0.05, 0.1) is 12.3 Å². The fourth-order valence-electron chi connectivity index (χ4n) is 2.12. The SMILES string of the molecule is CN(CC(=O)Nc1ccc(F)cc1)C(=O)CSc1[nH+]c(N)c(C#N)cc1C#N. The molecule has 0 spiro atoms. The van der Waals surface area contributed by atoms with Gasteiger partial charge in [0.15, 0.2) is 5.03 Å². The van der Waals surface area contributed by atoms with E-state index in [1.165, 1.54) is 42.3 Å². The van der Waals surface area contributed by atoms with Crippen LogP contribution in [0.4, 0.5) is 15.9 Å². The highest BCUT2D eigenvalue weighted by Crippen LogP contribution is 2.20. The van der Waals surface area contributed by atoms with Crippen molar-refractivity contribution >= 4 is 35.1 Å². The van der Waals surface area contributed by atoms with Crippen LogP contribution < -0.4 is 16.0 Å². The van der Waals surface area contributed by atoms with Gasteiger partial charge in [0.1, 0.15) is 29.1 Å². The zero-order valence-electron chi connectivity index (χ0n) is 14.8. The van der Waals surface area contributed by atoms with Crippen LogP contribution in [0.3, 0.4) is 0 Å². The summed E-state index contributed by atoms with van der Waals surface area (Å²) in [5, 5.41) is 21.0. The first-order valence-corrected chi connectivity index (χ1v) is 8.90. The molecule has 1 heterocycles. The molecule has 1 aromatic carbocycles. The number of aromatic nitrogens is 1. The van der Waals surface area contributed by atoms with Gasteiger partial charge in [-0.25, -0.2) is 9.37 Å². The molecule has 2 aromatic rings. The van der Waals surface area contributed by atoms with Crippen LogP contribution in [0, 0.1) is 28.5 Å². The van der Waals surface area contributed by atoms with Crippen LogP contribution in [0.1, 0.15) is 11.1 Å². The number of H-pyrrole nitrogens is 1. The highest BCUT2D eigenvalue weighted by atomic mass is 32.2. The third-order valence-electron chi connectivity index (χ3n) is 3.59. The number of amides is 2. The van der Waals surface area contributed by atoms with Crippen LogP contribution in [-0.2, 0) is 9.59 Å². The van der Waals surface area contributed by atoms with E-state index in [9.17, 15) is 19.2 Å². The number of likely N-dealkylation sites (N-methyl/N-ethyl adjacent to an activating group) is 1. The summed E-state index contributed by atoms with van der Waals surface area (Å²) >= 11 is 1.04. The number of hydrogen-bond acceptors (Lipinski definition) is 6. The molecule has 0 aliphatic rings. The van der Waals surface area contributed by atoms with Gasteiger partial charge in [-0.05, 0) is 30.3 Å². The number of carbonyl (C=O) groups excluding carboxylic acids is 2. The second-order valence-corrected chi connectivity index (χ2v) is 6.64. The molecule has 28 heavy (non-hydrogen) atoms. The van der Waals surface area contributed by atoms with Crippen LogP contribution in [-0.4, -0.2) is 36.1 Å². The molecule has 0 aliphatic carbocycles. The summed E-state index contributed by atoms with van der Waals surface area (Å²) in [4.78, 5) is 28.2. The fraction of sp³-hybridized carbons (Fsp3) is 0.167. The fourth-order valence-corrected chi connectivity index (χ4v) is 3.05. The van der Waals surface area contributed by atoms with E-state index >= 15 is 0 Å². The second-order valence-electron chi connectivity index (χ2n) is 5.66. The summed E-state index contributed by atoms with van der Waals surface area (Å²) in [5.41, 5.74) is 6.45. The highest BCUT2D eigenvalue weighted by Gasteiger charge is 2.18. The van der Waals surface area contributed by atoms with E-state index in [2.05, 4.69) is 10.3 Å². The third-order valence-corrected chi connectivity index (χ3v) is 4.59. The standard InChI is InChI=1S/C18H15FN6O2S/c1-25(9-15(26)23-14-4-2-13(19)3-5-14)16(27)10-28-18-12(8-21)6-11(7-20)17(22)24-18/h2-6H,9-10H2,1H3,(H2,22,24)(H,23,26)/p+1. The number of nitriles is 2. The maximum absolute atomic E-state index is 12.9. The molecule has 0 unspecified atom stereocenters. The first kappa shape index (κ1) is 20.7. The van der Waals surface area contributed by atoms with Crippen LogP contribution in [0.15, 0.2) is 35.4 Å². The monoisotopic (exact) mass is 399 g/mol. The number of anilines is 2. The van der Waals surface area contributed by atoms with Crippen LogP contribution >= 0.6 is 11.8 Å². The number of benzene rings is 1. The Bertz CT molecular complexity index is 981. The zero-order valence-corrected chi connectivity index (χ0v) is 15.6. The van der Waals surface area contributed by atoms with Crippen molar-refractivity contribution in [2.75, 3.05) is 30.4 Å². The Balaban J connectivity index is 1.93. The predicted molar refractivity (Wildman–Crippen MR) is 100 cm³/mol. The third kappa shape index (κ3) is 5.43. The largest absolute Gasteiger partial charge is 0.336 e. The molecule has 10 heteroatoms. The lowest BCUT2D eigenvalue weighted by Gasteiger charge is -2.16. The van der Waals surface area contributed by atoms with E-state index in [0.29, 0.717) is 10.7 Å². The molecular weight excluding hydrogens is 383 g/mol. The highest BCUT2D eigenvalue weighted by molar-refractivity contribution is 7.99. The number of halogens is 1. The number of nitrogen functional groups attached to an aromatic ring is 1. The maximum atomic E-state index is 12.9. The van der Waals surface area contributed by atoms with Gasteiger partial charge in [0.25, 0.3) is 5.82 Å². The zero-order chi connectivity index (χ0) is 20.7. The van der Waals surface area contributed by atoms with Crippen molar-refractivity contribution in [2.45, 2.75) is 5.03 Å². The summed E-state index contributed by atoms with van der Waals surface area (Å²) in [6, 6.07) is 10.4. The number of nitrogens with zero attached hydrogens (tertiary/aromatic N) is 3. The number of hydrogen-bond donors (Lipinski definition) is 2. The van der Waals surface area contributed by atoms with Crippen molar-refractivity contribution in [2.24, 2.45) is 0 Å². The minimum Gasteiger partial charge on any atom is -0.336 e. The van der Waals surface area contributed by atoms with E-state index in [0.717, 1.165) is 11.8 Å². The Morgan fingerprint density at radius 1 is 1.25 bits per heavy atom. The summed E-state index contributed by atoms with van der Waals surface area (Å²) in [5.74, 6) is -1.14. The lowest BCUT2D eigenvalue weighted by molar-refractivity contribution is -0.410. The molecule has 0 saturated heterocycles. The molecule has 8 nitrogen and oxygen atoms in total. The average Bonchev–Trinajstić information content (AvgIpc) is 2.67. The molecule has 0 fully saturated rings. The van der Waals surface area contributed by atoms with Crippen molar-refractivity contribution in [3.05, 3.63) is 47.3 Å². The Morgan fingerprint density at radius 2 is 1.89 bits per heavy atom. The van der Waals surface area contributed by atoms with E-state index in [4.69, 9.17) is 11.0 Å². The molecule has 0 aliphatic heterocycles. The molecular formula is C18H16FN6O2S+. The van der Waals surface area contributed by atoms with Gasteiger partial charge >= 0.3 is 0 Å². The molecule has 1 aromatic heterocycles. The number of rotatable bonds is 6. The van der Waals surface area contributed by atoms with Gasteiger partial charge in [-0.2, -0.15) is 10.5 Å². The van der Waals surface area contributed by atoms with Crippen molar-refractivity contribution < 1.29 is 19.0 Å². The number of carbonyl (C=O) groups is 2. The lowest BCUT2D eigenvalue weighted by atomic mass is 10.2. The normalized spacial score (nSPS) is 9.86. The van der Waals surface area contributed by atoms with E-state index in [1.807, 2.05) is 12.1 Å². The molecule has 0 saturated carbocycles. The minimum atomic E-state index is -0.431. The summed E-state index contributed by atoms with van der Waals surface area (Å²) in [6.07, 6.45) is 0. The van der Waals surface area contributed by atoms with Crippen LogP contribution in [0.5, 0.6) is 0 Å². The number of thioether (sulfide) groups is 1. The summed E-state index contributed by atoms with van der Waals surface area (Å²) < 4.78 is 12.9. The molecule has 4 N–H and O–H groups in total. The minimum absolute atomic E-state index is 0.0448.